The van der Waals surface area contributed by atoms with E-state index in [0.717, 1.165) is 6.07 Å². The van der Waals surface area contributed by atoms with Gasteiger partial charge in [-0.1, -0.05) is 41.9 Å². The highest BCUT2D eigenvalue weighted by Crippen LogP contribution is 2.32. The van der Waals surface area contributed by atoms with Crippen molar-refractivity contribution in [3.05, 3.63) is 64.9 Å². The molecule has 0 heterocycles. The third-order valence-corrected chi connectivity index (χ3v) is 3.42. The van der Waals surface area contributed by atoms with E-state index in [-0.39, 0.29) is 16.3 Å². The van der Waals surface area contributed by atoms with Gasteiger partial charge in [0.2, 0.25) is 5.91 Å². The Morgan fingerprint density at radius 3 is 2.38 bits per heavy atom. The minimum atomic E-state index is -4.55. The van der Waals surface area contributed by atoms with Gasteiger partial charge in [0, 0.05) is 5.69 Å². The summed E-state index contributed by atoms with van der Waals surface area (Å²) in [6, 6.07) is 8.72. The van der Waals surface area contributed by atoms with Crippen molar-refractivity contribution in [1.82, 2.24) is 5.32 Å². The van der Waals surface area contributed by atoms with Crippen molar-refractivity contribution in [2.24, 2.45) is 0 Å². The maximum atomic E-state index is 13.1. The maximum absolute atomic E-state index is 13.1. The number of hydrogen-bond donors (Lipinski definition) is 2. The number of rotatable bonds is 5. The van der Waals surface area contributed by atoms with Crippen LogP contribution in [0.25, 0.3) is 0 Å². The summed E-state index contributed by atoms with van der Waals surface area (Å²) in [6.07, 6.45) is -4.55. The molecule has 0 saturated heterocycles. The van der Waals surface area contributed by atoms with Crippen LogP contribution in [0.2, 0.25) is 5.02 Å². The number of carbonyl (C=O) groups excluding carboxylic acids is 1. The van der Waals surface area contributed by atoms with Gasteiger partial charge < -0.3 is 5.32 Å². The average molecular weight is 361 g/mol. The second kappa shape index (κ2) is 7.63. The highest BCUT2D eigenvalue weighted by Gasteiger charge is 2.40. The van der Waals surface area contributed by atoms with Crippen molar-refractivity contribution in [2.45, 2.75) is 12.2 Å². The van der Waals surface area contributed by atoms with E-state index in [0.29, 0.717) is 0 Å². The lowest BCUT2D eigenvalue weighted by Gasteiger charge is -2.21. The predicted molar refractivity (Wildman–Crippen MR) is 83.3 cm³/mol. The van der Waals surface area contributed by atoms with E-state index in [1.807, 2.05) is 0 Å². The van der Waals surface area contributed by atoms with Crippen LogP contribution in [0.15, 0.2) is 48.5 Å². The Bertz CT molecular complexity index is 707. The zero-order chi connectivity index (χ0) is 17.7. The lowest BCUT2D eigenvalue weighted by Crippen LogP contribution is -2.38. The first-order chi connectivity index (χ1) is 11.3. The molecule has 1 atom stereocenters. The molecule has 2 aromatic carbocycles. The fraction of sp³-hybridized carbons (Fsp3) is 0.188. The van der Waals surface area contributed by atoms with E-state index >= 15 is 0 Å². The Morgan fingerprint density at radius 1 is 1.12 bits per heavy atom. The Hall–Kier alpha value is -2.12. The second-order valence-electron chi connectivity index (χ2n) is 4.94. The summed E-state index contributed by atoms with van der Waals surface area (Å²) in [4.78, 5) is 11.8. The Labute approximate surface area is 140 Å². The first-order valence-corrected chi connectivity index (χ1v) is 7.25. The van der Waals surface area contributed by atoms with Gasteiger partial charge in [-0.25, -0.2) is 4.39 Å². The van der Waals surface area contributed by atoms with Crippen LogP contribution in [-0.4, -0.2) is 18.6 Å². The molecule has 2 aromatic rings. The molecule has 0 radical (unpaired) electrons. The Balaban J connectivity index is 2.01. The zero-order valence-corrected chi connectivity index (χ0v) is 13.0. The SMILES string of the molecule is O=C(CNC(c1ccccc1)C(F)(F)F)Nc1ccc(F)c(Cl)c1. The number of carbonyl (C=O) groups is 1. The van der Waals surface area contributed by atoms with Crippen LogP contribution in [0.4, 0.5) is 23.2 Å². The molecule has 3 nitrogen and oxygen atoms in total. The van der Waals surface area contributed by atoms with Crippen LogP contribution >= 0.6 is 11.6 Å². The molecule has 0 aliphatic rings. The second-order valence-corrected chi connectivity index (χ2v) is 5.35. The predicted octanol–water partition coefficient (Wildman–Crippen LogP) is 4.31. The van der Waals surface area contributed by atoms with E-state index in [4.69, 9.17) is 11.6 Å². The lowest BCUT2D eigenvalue weighted by molar-refractivity contribution is -0.158. The van der Waals surface area contributed by atoms with Crippen LogP contribution in [0.3, 0.4) is 0 Å². The van der Waals surface area contributed by atoms with Gasteiger partial charge >= 0.3 is 6.18 Å². The molecule has 0 aromatic heterocycles. The summed E-state index contributed by atoms with van der Waals surface area (Å²) in [6.45, 7) is -0.575. The van der Waals surface area contributed by atoms with Gasteiger partial charge in [-0.05, 0) is 23.8 Å². The average Bonchev–Trinajstić information content (AvgIpc) is 2.51. The van der Waals surface area contributed by atoms with Crippen LogP contribution in [0.5, 0.6) is 0 Å². The van der Waals surface area contributed by atoms with Crippen molar-refractivity contribution in [3.63, 3.8) is 0 Å². The normalized spacial score (nSPS) is 12.7. The van der Waals surface area contributed by atoms with Crippen molar-refractivity contribution in [1.29, 1.82) is 0 Å². The number of hydrogen-bond acceptors (Lipinski definition) is 2. The minimum absolute atomic E-state index is 0.00243. The molecule has 24 heavy (non-hydrogen) atoms. The van der Waals surface area contributed by atoms with Crippen LogP contribution < -0.4 is 10.6 Å². The monoisotopic (exact) mass is 360 g/mol. The Morgan fingerprint density at radius 2 is 1.79 bits per heavy atom. The first kappa shape index (κ1) is 18.2. The number of anilines is 1. The van der Waals surface area contributed by atoms with Crippen LogP contribution in [-0.2, 0) is 4.79 Å². The number of halogens is 5. The number of nitrogens with one attached hydrogen (secondary N) is 2. The molecular formula is C16H13ClF4N2O. The maximum Gasteiger partial charge on any atom is 0.407 e. The molecule has 0 aliphatic heterocycles. The minimum Gasteiger partial charge on any atom is -0.325 e. The first-order valence-electron chi connectivity index (χ1n) is 6.87. The fourth-order valence-electron chi connectivity index (χ4n) is 2.04. The van der Waals surface area contributed by atoms with E-state index in [2.05, 4.69) is 10.6 Å². The van der Waals surface area contributed by atoms with Crippen LogP contribution in [0.1, 0.15) is 11.6 Å². The smallest absolute Gasteiger partial charge is 0.325 e. The van der Waals surface area contributed by atoms with E-state index in [9.17, 15) is 22.4 Å². The molecular weight excluding hydrogens is 348 g/mol. The van der Waals surface area contributed by atoms with Gasteiger partial charge in [-0.15, -0.1) is 0 Å². The molecule has 128 valence electrons. The summed E-state index contributed by atoms with van der Waals surface area (Å²) in [5.41, 5.74) is 0.194. The topological polar surface area (TPSA) is 41.1 Å². The van der Waals surface area contributed by atoms with Gasteiger partial charge in [-0.2, -0.15) is 13.2 Å². The standard InChI is InChI=1S/C16H13ClF4N2O/c17-12-8-11(6-7-13(12)18)23-14(24)9-22-15(16(19,20)21)10-4-2-1-3-5-10/h1-8,15,22H,9H2,(H,23,24). The van der Waals surface area contributed by atoms with Crippen molar-refractivity contribution in [2.75, 3.05) is 11.9 Å². The quantitative estimate of drug-likeness (QED) is 0.780. The third-order valence-electron chi connectivity index (χ3n) is 3.13. The fourth-order valence-corrected chi connectivity index (χ4v) is 2.22. The molecule has 0 saturated carbocycles. The summed E-state index contributed by atoms with van der Waals surface area (Å²) in [7, 11) is 0. The highest BCUT2D eigenvalue weighted by molar-refractivity contribution is 6.31. The largest absolute Gasteiger partial charge is 0.407 e. The molecule has 8 heteroatoms. The zero-order valence-electron chi connectivity index (χ0n) is 12.2. The van der Waals surface area contributed by atoms with Crippen LogP contribution in [0, 0.1) is 5.82 Å². The number of alkyl halides is 3. The molecule has 2 N–H and O–H groups in total. The molecule has 0 fully saturated rings. The van der Waals surface area contributed by atoms with E-state index in [1.165, 1.54) is 36.4 Å². The summed E-state index contributed by atoms with van der Waals surface area (Å²) >= 11 is 5.57. The van der Waals surface area contributed by atoms with Crippen molar-refractivity contribution >= 4 is 23.2 Å². The number of amides is 1. The highest BCUT2D eigenvalue weighted by atomic mass is 35.5. The third kappa shape index (κ3) is 4.94. The van der Waals surface area contributed by atoms with Gasteiger partial charge in [-0.3, -0.25) is 10.1 Å². The summed E-state index contributed by atoms with van der Waals surface area (Å²) < 4.78 is 52.4. The molecule has 0 aliphatic carbocycles. The number of benzene rings is 2. The molecule has 1 amide bonds. The summed E-state index contributed by atoms with van der Waals surface area (Å²) in [5, 5.41) is 4.33. The molecule has 2 rings (SSSR count). The van der Waals surface area contributed by atoms with Crippen molar-refractivity contribution in [3.8, 4) is 0 Å². The van der Waals surface area contributed by atoms with E-state index in [1.54, 1.807) is 6.07 Å². The molecule has 1 unspecified atom stereocenters. The lowest BCUT2D eigenvalue weighted by atomic mass is 10.1. The molecule has 0 bridgehead atoms. The molecule has 0 spiro atoms. The summed E-state index contributed by atoms with van der Waals surface area (Å²) in [5.74, 6) is -1.36. The van der Waals surface area contributed by atoms with Gasteiger partial charge in [0.15, 0.2) is 0 Å². The Kier molecular flexibility index (Phi) is 5.80. The van der Waals surface area contributed by atoms with Crippen molar-refractivity contribution < 1.29 is 22.4 Å². The van der Waals surface area contributed by atoms with Gasteiger partial charge in [0.1, 0.15) is 11.9 Å². The van der Waals surface area contributed by atoms with Gasteiger partial charge in [0.05, 0.1) is 11.6 Å². The van der Waals surface area contributed by atoms with E-state index < -0.39 is 30.5 Å². The van der Waals surface area contributed by atoms with Gasteiger partial charge in [0.25, 0.3) is 0 Å².